The molecule has 0 aliphatic rings. The lowest BCUT2D eigenvalue weighted by atomic mass is 10.0. The van der Waals surface area contributed by atoms with E-state index in [1.54, 1.807) is 6.20 Å². The van der Waals surface area contributed by atoms with E-state index in [4.69, 9.17) is 5.73 Å². The quantitative estimate of drug-likeness (QED) is 0.854. The van der Waals surface area contributed by atoms with Crippen molar-refractivity contribution in [1.82, 2.24) is 9.97 Å². The van der Waals surface area contributed by atoms with Crippen molar-refractivity contribution in [3.05, 3.63) is 51.6 Å². The Balaban J connectivity index is 2.11. The molecule has 0 amide bonds. The predicted molar refractivity (Wildman–Crippen MR) is 68.4 cm³/mol. The molecule has 2 rings (SSSR count). The molecule has 3 nitrogen and oxygen atoms in total. The number of imidazole rings is 1. The second kappa shape index (κ2) is 4.76. The molecule has 0 saturated carbocycles. The summed E-state index contributed by atoms with van der Waals surface area (Å²) >= 11 is 2.29. The Hall–Kier alpha value is -0.880. The summed E-state index contributed by atoms with van der Waals surface area (Å²) in [4.78, 5) is 7.23. The minimum absolute atomic E-state index is 0.00543. The first kappa shape index (κ1) is 10.6. The number of H-pyrrole nitrogens is 1. The van der Waals surface area contributed by atoms with Gasteiger partial charge < -0.3 is 10.7 Å². The summed E-state index contributed by atoms with van der Waals surface area (Å²) in [5.74, 6) is 0.932. The Morgan fingerprint density at radius 1 is 1.47 bits per heavy atom. The van der Waals surface area contributed by atoms with Crippen LogP contribution in [0.4, 0.5) is 0 Å². The lowest BCUT2D eigenvalue weighted by molar-refractivity contribution is 0.694. The van der Waals surface area contributed by atoms with Crippen molar-refractivity contribution in [2.45, 2.75) is 12.5 Å². The van der Waals surface area contributed by atoms with E-state index in [9.17, 15) is 0 Å². The molecular formula is C11H12IN3. The van der Waals surface area contributed by atoms with Crippen LogP contribution in [0.25, 0.3) is 0 Å². The molecule has 2 aromatic rings. The predicted octanol–water partition coefficient (Wildman–Crippen LogP) is 2.26. The van der Waals surface area contributed by atoms with E-state index in [0.717, 1.165) is 17.8 Å². The van der Waals surface area contributed by atoms with E-state index in [-0.39, 0.29) is 6.04 Å². The van der Waals surface area contributed by atoms with Gasteiger partial charge in [-0.15, -0.1) is 0 Å². The number of aromatic amines is 1. The van der Waals surface area contributed by atoms with Crippen molar-refractivity contribution in [2.24, 2.45) is 5.73 Å². The Bertz CT molecular complexity index is 425. The molecule has 0 fully saturated rings. The normalized spacial score (nSPS) is 12.7. The fourth-order valence-corrected chi connectivity index (χ4v) is 2.04. The maximum absolute atomic E-state index is 6.09. The van der Waals surface area contributed by atoms with Gasteiger partial charge in [0.15, 0.2) is 0 Å². The van der Waals surface area contributed by atoms with Gasteiger partial charge in [0, 0.05) is 28.4 Å². The summed E-state index contributed by atoms with van der Waals surface area (Å²) in [7, 11) is 0. The van der Waals surface area contributed by atoms with Crippen LogP contribution in [0.3, 0.4) is 0 Å². The average Bonchev–Trinajstić information content (AvgIpc) is 2.70. The van der Waals surface area contributed by atoms with Gasteiger partial charge in [-0.05, 0) is 40.3 Å². The summed E-state index contributed by atoms with van der Waals surface area (Å²) in [6.07, 6.45) is 4.31. The fraction of sp³-hybridized carbons (Fsp3) is 0.182. The molecular weight excluding hydrogens is 301 g/mol. The highest BCUT2D eigenvalue weighted by atomic mass is 127. The number of hydrogen-bond donors (Lipinski definition) is 2. The zero-order valence-corrected chi connectivity index (χ0v) is 10.3. The molecule has 4 heteroatoms. The number of nitrogens with one attached hydrogen (secondary N) is 1. The molecule has 0 bridgehead atoms. The van der Waals surface area contributed by atoms with Crippen molar-refractivity contribution in [3.63, 3.8) is 0 Å². The zero-order valence-electron chi connectivity index (χ0n) is 8.15. The van der Waals surface area contributed by atoms with Gasteiger partial charge in [-0.3, -0.25) is 0 Å². The third-order valence-electron chi connectivity index (χ3n) is 2.24. The standard InChI is InChI=1S/C11H12IN3/c12-9-3-1-2-8(6-9)10(13)7-11-14-4-5-15-11/h1-6,10H,7,13H2,(H,14,15). The monoisotopic (exact) mass is 313 g/mol. The second-order valence-corrected chi connectivity index (χ2v) is 4.65. The molecule has 3 N–H and O–H groups in total. The number of aromatic nitrogens is 2. The van der Waals surface area contributed by atoms with E-state index in [1.165, 1.54) is 3.57 Å². The van der Waals surface area contributed by atoms with Gasteiger partial charge in [-0.25, -0.2) is 4.98 Å². The number of nitrogens with two attached hydrogens (primary N) is 1. The van der Waals surface area contributed by atoms with E-state index < -0.39 is 0 Å². The Kier molecular flexibility index (Phi) is 3.37. The third-order valence-corrected chi connectivity index (χ3v) is 2.92. The van der Waals surface area contributed by atoms with Gasteiger partial charge in [0.25, 0.3) is 0 Å². The van der Waals surface area contributed by atoms with E-state index in [2.05, 4.69) is 50.8 Å². The molecule has 0 aliphatic heterocycles. The lowest BCUT2D eigenvalue weighted by Gasteiger charge is -2.10. The van der Waals surface area contributed by atoms with Crippen molar-refractivity contribution in [1.29, 1.82) is 0 Å². The van der Waals surface area contributed by atoms with Crippen molar-refractivity contribution in [2.75, 3.05) is 0 Å². The summed E-state index contributed by atoms with van der Waals surface area (Å²) in [5.41, 5.74) is 7.24. The molecule has 1 heterocycles. The summed E-state index contributed by atoms with van der Waals surface area (Å²) in [6, 6.07) is 8.25. The van der Waals surface area contributed by atoms with Crippen molar-refractivity contribution < 1.29 is 0 Å². The van der Waals surface area contributed by atoms with Crippen LogP contribution in [0.15, 0.2) is 36.7 Å². The van der Waals surface area contributed by atoms with Crippen LogP contribution in [0.2, 0.25) is 0 Å². The lowest BCUT2D eigenvalue weighted by Crippen LogP contribution is -2.14. The molecule has 1 unspecified atom stereocenters. The number of benzene rings is 1. The van der Waals surface area contributed by atoms with Gasteiger partial charge >= 0.3 is 0 Å². The topological polar surface area (TPSA) is 54.7 Å². The molecule has 0 radical (unpaired) electrons. The number of halogens is 1. The smallest absolute Gasteiger partial charge is 0.107 e. The molecule has 1 aromatic heterocycles. The Labute approximate surface area is 102 Å². The fourth-order valence-electron chi connectivity index (χ4n) is 1.47. The van der Waals surface area contributed by atoms with Crippen molar-refractivity contribution >= 4 is 22.6 Å². The summed E-state index contributed by atoms with van der Waals surface area (Å²) in [6.45, 7) is 0. The maximum Gasteiger partial charge on any atom is 0.107 e. The second-order valence-electron chi connectivity index (χ2n) is 3.40. The highest BCUT2D eigenvalue weighted by Gasteiger charge is 2.08. The van der Waals surface area contributed by atoms with Crippen LogP contribution in [0.1, 0.15) is 17.4 Å². The van der Waals surface area contributed by atoms with Crippen molar-refractivity contribution in [3.8, 4) is 0 Å². The Morgan fingerprint density at radius 2 is 2.33 bits per heavy atom. The number of nitrogens with zero attached hydrogens (tertiary/aromatic N) is 1. The minimum Gasteiger partial charge on any atom is -0.349 e. The van der Waals surface area contributed by atoms with Gasteiger partial charge in [-0.2, -0.15) is 0 Å². The summed E-state index contributed by atoms with van der Waals surface area (Å²) < 4.78 is 1.21. The van der Waals surface area contributed by atoms with Crippen LogP contribution in [0, 0.1) is 3.57 Å². The van der Waals surface area contributed by atoms with Crippen LogP contribution >= 0.6 is 22.6 Å². The highest BCUT2D eigenvalue weighted by molar-refractivity contribution is 14.1. The third kappa shape index (κ3) is 2.79. The highest BCUT2D eigenvalue weighted by Crippen LogP contribution is 2.16. The van der Waals surface area contributed by atoms with Crippen LogP contribution < -0.4 is 5.73 Å². The molecule has 0 saturated heterocycles. The molecule has 1 atom stereocenters. The summed E-state index contributed by atoms with van der Waals surface area (Å²) in [5, 5.41) is 0. The van der Waals surface area contributed by atoms with E-state index in [0.29, 0.717) is 0 Å². The first-order chi connectivity index (χ1) is 7.25. The Morgan fingerprint density at radius 3 is 3.00 bits per heavy atom. The molecule has 1 aromatic carbocycles. The molecule has 78 valence electrons. The first-order valence-electron chi connectivity index (χ1n) is 4.75. The zero-order chi connectivity index (χ0) is 10.7. The minimum atomic E-state index is 0.00543. The average molecular weight is 313 g/mol. The van der Waals surface area contributed by atoms with Crippen LogP contribution in [-0.4, -0.2) is 9.97 Å². The first-order valence-corrected chi connectivity index (χ1v) is 5.83. The van der Waals surface area contributed by atoms with Gasteiger partial charge in [0.05, 0.1) is 0 Å². The number of rotatable bonds is 3. The van der Waals surface area contributed by atoms with Crippen LogP contribution in [-0.2, 0) is 6.42 Å². The molecule has 0 spiro atoms. The van der Waals surface area contributed by atoms with E-state index >= 15 is 0 Å². The number of hydrogen-bond acceptors (Lipinski definition) is 2. The SMILES string of the molecule is NC(Cc1ncc[nH]1)c1cccc(I)c1. The van der Waals surface area contributed by atoms with Crippen LogP contribution in [0.5, 0.6) is 0 Å². The van der Waals surface area contributed by atoms with Gasteiger partial charge in [-0.1, -0.05) is 12.1 Å². The van der Waals surface area contributed by atoms with Gasteiger partial charge in [0.2, 0.25) is 0 Å². The van der Waals surface area contributed by atoms with Gasteiger partial charge in [0.1, 0.15) is 5.82 Å². The largest absolute Gasteiger partial charge is 0.349 e. The molecule has 0 aliphatic carbocycles. The molecule has 15 heavy (non-hydrogen) atoms. The van der Waals surface area contributed by atoms with E-state index in [1.807, 2.05) is 12.3 Å². The maximum atomic E-state index is 6.09.